The van der Waals surface area contributed by atoms with Gasteiger partial charge >= 0.3 is 30.2 Å². The van der Waals surface area contributed by atoms with Crippen molar-refractivity contribution in [2.24, 2.45) is 0 Å². The Morgan fingerprint density at radius 1 is 0.632 bits per heavy atom. The van der Waals surface area contributed by atoms with Gasteiger partial charge in [0.05, 0.1) is 54.4 Å². The second-order valence-corrected chi connectivity index (χ2v) is 15.3. The summed E-state index contributed by atoms with van der Waals surface area (Å²) >= 11 is 5.90. The molecule has 0 saturated carbocycles. The van der Waals surface area contributed by atoms with Gasteiger partial charge in [-0.1, -0.05) is 47.0 Å². The molecule has 214 valence electrons. The lowest BCUT2D eigenvalue weighted by atomic mass is 10.1. The van der Waals surface area contributed by atoms with Crippen LogP contribution in [0, 0.1) is 0 Å². The highest BCUT2D eigenvalue weighted by atomic mass is 32.2. The maximum absolute atomic E-state index is 13.5. The van der Waals surface area contributed by atoms with Crippen LogP contribution in [-0.4, -0.2) is 108 Å². The second-order valence-electron chi connectivity index (χ2n) is 7.59. The van der Waals surface area contributed by atoms with E-state index in [9.17, 15) is 19.2 Å². The van der Waals surface area contributed by atoms with Gasteiger partial charge in [0.15, 0.2) is 4.20 Å². The summed E-state index contributed by atoms with van der Waals surface area (Å²) in [4.78, 5) is 63.0. The number of amides is 4. The first-order chi connectivity index (χ1) is 18.0. The van der Waals surface area contributed by atoms with Crippen LogP contribution in [0.1, 0.15) is 6.42 Å². The van der Waals surface area contributed by atoms with Crippen LogP contribution in [0.15, 0.2) is 0 Å². The third-order valence-electron chi connectivity index (χ3n) is 5.00. The third-order valence-corrected chi connectivity index (χ3v) is 12.1. The molecule has 4 heterocycles. The van der Waals surface area contributed by atoms with Crippen LogP contribution in [-0.2, 0) is 28.6 Å². The minimum Gasteiger partial charge on any atom is -0.401 e. The Bertz CT molecular complexity index is 943. The number of hydrogen-bond donors (Lipinski definition) is 2. The normalized spacial score (nSPS) is 29.4. The number of nitrogens with one attached hydrogen (secondary N) is 2. The number of hydroxylamine groups is 2. The van der Waals surface area contributed by atoms with Crippen molar-refractivity contribution >= 4 is 95.7 Å². The Kier molecular flexibility index (Phi) is 9.68. The first-order valence-electron chi connectivity index (χ1n) is 10.4. The number of ether oxygens (including phenoxy) is 4. The maximum atomic E-state index is 13.5. The Labute approximate surface area is 243 Å². The van der Waals surface area contributed by atoms with Crippen molar-refractivity contribution in [2.45, 2.75) is 20.6 Å². The van der Waals surface area contributed by atoms with Crippen molar-refractivity contribution in [3.63, 3.8) is 0 Å². The van der Waals surface area contributed by atoms with Crippen molar-refractivity contribution in [3.8, 4) is 0 Å². The number of rotatable bonds is 0. The van der Waals surface area contributed by atoms with Crippen LogP contribution < -0.4 is 11.0 Å². The SMILES string of the molecule is CN1SN(C)C(=O)OC2(CC3(NOC1=O)SCOCS3)OC(=O)N(C)SN(C)C(=O)ONC21SCOCS1. The molecule has 0 aliphatic carbocycles. The monoisotopic (exact) mass is 652 g/mol. The number of hydrogen-bond acceptors (Lipinski definition) is 18. The fourth-order valence-electron chi connectivity index (χ4n) is 3.15. The molecule has 4 aliphatic heterocycles. The molecule has 2 N–H and O–H groups in total. The van der Waals surface area contributed by atoms with Crippen LogP contribution in [0.2, 0.25) is 0 Å². The van der Waals surface area contributed by atoms with Crippen molar-refractivity contribution in [2.75, 3.05) is 51.9 Å². The zero-order chi connectivity index (χ0) is 27.6. The maximum Gasteiger partial charge on any atom is 0.439 e. The molecule has 4 fully saturated rings. The molecule has 4 saturated heterocycles. The fourth-order valence-corrected chi connectivity index (χ4v) is 8.87. The van der Waals surface area contributed by atoms with Crippen LogP contribution >= 0.6 is 71.3 Å². The lowest BCUT2D eigenvalue weighted by Crippen LogP contribution is -2.68. The minimum atomic E-state index is -2.18. The average Bonchev–Trinajstić information content (AvgIpc) is 2.91. The van der Waals surface area contributed by atoms with Crippen LogP contribution in [0.3, 0.4) is 0 Å². The summed E-state index contributed by atoms with van der Waals surface area (Å²) in [6, 6.07) is 0. The summed E-state index contributed by atoms with van der Waals surface area (Å²) in [6.45, 7) is 0. The van der Waals surface area contributed by atoms with Gasteiger partial charge in [-0.15, -0.1) is 11.0 Å². The van der Waals surface area contributed by atoms with Gasteiger partial charge in [-0.25, -0.2) is 36.4 Å². The van der Waals surface area contributed by atoms with E-state index in [-0.39, 0.29) is 30.2 Å². The third kappa shape index (κ3) is 6.33. The van der Waals surface area contributed by atoms with Crippen molar-refractivity contribution in [3.05, 3.63) is 0 Å². The van der Waals surface area contributed by atoms with Crippen LogP contribution in [0.25, 0.3) is 0 Å². The van der Waals surface area contributed by atoms with E-state index >= 15 is 0 Å². The Morgan fingerprint density at radius 3 is 1.55 bits per heavy atom. The smallest absolute Gasteiger partial charge is 0.401 e. The van der Waals surface area contributed by atoms with Gasteiger partial charge in [0, 0.05) is 28.2 Å². The summed E-state index contributed by atoms with van der Waals surface area (Å²) in [6.07, 6.45) is -3.78. The van der Waals surface area contributed by atoms with Crippen molar-refractivity contribution < 1.29 is 47.8 Å². The predicted molar refractivity (Wildman–Crippen MR) is 143 cm³/mol. The molecule has 16 nitrogen and oxygen atoms in total. The molecular weight excluding hydrogens is 629 g/mol. The summed E-state index contributed by atoms with van der Waals surface area (Å²) in [7, 11) is 5.56. The zero-order valence-electron chi connectivity index (χ0n) is 20.4. The molecule has 1 atom stereocenters. The molecule has 0 aromatic heterocycles. The van der Waals surface area contributed by atoms with Gasteiger partial charge in [-0.05, 0) is 0 Å². The fraction of sp³-hybridized carbons (Fsp3) is 0.750. The molecule has 0 aromatic rings. The number of carbonyl (C=O) groups excluding carboxylic acids is 4. The van der Waals surface area contributed by atoms with Gasteiger partial charge in [-0.3, -0.25) is 0 Å². The Balaban J connectivity index is 1.88. The van der Waals surface area contributed by atoms with E-state index in [1.807, 2.05) is 0 Å². The van der Waals surface area contributed by atoms with Gasteiger partial charge in [-0.2, -0.15) is 0 Å². The van der Waals surface area contributed by atoms with Gasteiger partial charge < -0.3 is 28.6 Å². The van der Waals surface area contributed by atoms with E-state index in [1.165, 1.54) is 51.7 Å². The highest BCUT2D eigenvalue weighted by molar-refractivity contribution is 8.19. The van der Waals surface area contributed by atoms with Gasteiger partial charge in [0.2, 0.25) is 4.20 Å². The molecule has 22 heteroatoms. The topological polar surface area (TPSA) is 161 Å². The van der Waals surface area contributed by atoms with Gasteiger partial charge in [0.1, 0.15) is 0 Å². The predicted octanol–water partition coefficient (Wildman–Crippen LogP) is 2.64. The van der Waals surface area contributed by atoms with Crippen LogP contribution in [0.5, 0.6) is 0 Å². The largest absolute Gasteiger partial charge is 0.439 e. The van der Waals surface area contributed by atoms with E-state index < -0.39 is 38.6 Å². The molecule has 3 spiro atoms. The number of fused-ring (bicyclic) bond motifs is 1. The molecule has 0 bridgehead atoms. The molecule has 0 aromatic carbocycles. The zero-order valence-corrected chi connectivity index (χ0v) is 25.3. The van der Waals surface area contributed by atoms with Crippen LogP contribution in [0.4, 0.5) is 19.2 Å². The summed E-state index contributed by atoms with van der Waals surface area (Å²) in [5.41, 5.74) is 5.47. The van der Waals surface area contributed by atoms with Gasteiger partial charge in [0.25, 0.3) is 0 Å². The van der Waals surface area contributed by atoms with Crippen molar-refractivity contribution in [1.82, 2.24) is 28.2 Å². The molecule has 1 unspecified atom stereocenters. The minimum absolute atomic E-state index is 0.0704. The summed E-state index contributed by atoms with van der Waals surface area (Å²) in [5, 5.41) is 0. The van der Waals surface area contributed by atoms with Crippen molar-refractivity contribution in [1.29, 1.82) is 0 Å². The average molecular weight is 653 g/mol. The lowest BCUT2D eigenvalue weighted by molar-refractivity contribution is -0.202. The van der Waals surface area contributed by atoms with E-state index in [4.69, 9.17) is 28.6 Å². The molecule has 4 amide bonds. The van der Waals surface area contributed by atoms with E-state index in [2.05, 4.69) is 11.0 Å². The second kappa shape index (κ2) is 12.3. The lowest BCUT2D eigenvalue weighted by Gasteiger charge is -2.51. The quantitative estimate of drug-likeness (QED) is 0.290. The molecular formula is C16H24N6O10S6. The highest BCUT2D eigenvalue weighted by Gasteiger charge is 2.66. The number of thioether (sulfide) groups is 4. The molecule has 38 heavy (non-hydrogen) atoms. The highest BCUT2D eigenvalue weighted by Crippen LogP contribution is 2.56. The molecule has 0 radical (unpaired) electrons. The summed E-state index contributed by atoms with van der Waals surface area (Å²) in [5.74, 6) is -1.68. The Morgan fingerprint density at radius 2 is 1.05 bits per heavy atom. The molecule has 4 aliphatic rings. The first-order valence-corrected chi connectivity index (χ1v) is 15.8. The standard InChI is InChI=1S/C16H24N6O10S6/c1-19-10(23)29-14(5-15(33-6-27-7-34-15)17-31-12(25)21(3)37-19)16(35-8-28-9-36-16)18-32-13(26)22(4)38-20(2)11(24)30-14/h17-18H,5-9H2,1-4H3. The van der Waals surface area contributed by atoms with E-state index in [0.717, 1.165) is 40.7 Å². The first kappa shape index (κ1) is 30.0. The van der Waals surface area contributed by atoms with E-state index in [0.29, 0.717) is 24.3 Å². The number of nitrogens with zero attached hydrogens (tertiary/aromatic N) is 4. The number of carbonyl (C=O) groups is 4. The summed E-state index contributed by atoms with van der Waals surface area (Å²) < 4.78 is 24.4. The Hall–Kier alpha value is -0.980. The van der Waals surface area contributed by atoms with E-state index in [1.54, 1.807) is 0 Å². The molecule has 4 rings (SSSR count).